The van der Waals surface area contributed by atoms with Gasteiger partial charge in [0.15, 0.2) is 5.96 Å². The Kier molecular flexibility index (Phi) is 4.47. The number of rotatable bonds is 4. The number of aromatic nitrogens is 2. The molecule has 1 N–H and O–H groups in total. The molecule has 0 radical (unpaired) electrons. The van der Waals surface area contributed by atoms with Crippen molar-refractivity contribution in [2.45, 2.75) is 38.8 Å². The second kappa shape index (κ2) is 6.90. The van der Waals surface area contributed by atoms with E-state index in [1.807, 2.05) is 24.0 Å². The summed E-state index contributed by atoms with van der Waals surface area (Å²) in [5.74, 6) is 1.03. The number of likely N-dealkylation sites (tertiary alicyclic amines) is 1. The van der Waals surface area contributed by atoms with E-state index < -0.39 is 0 Å². The Balaban J connectivity index is 1.32. The smallest absolute Gasteiger partial charge is 0.193 e. The topological polar surface area (TPSA) is 45.5 Å². The lowest BCUT2D eigenvalue weighted by Gasteiger charge is -2.38. The van der Waals surface area contributed by atoms with Crippen molar-refractivity contribution >= 4 is 5.96 Å². The van der Waals surface area contributed by atoms with E-state index >= 15 is 0 Å². The predicted octanol–water partition coefficient (Wildman–Crippen LogP) is 2.88. The fraction of sp³-hybridized carbons (Fsp3) is 0.500. The van der Waals surface area contributed by atoms with Crippen LogP contribution < -0.4 is 5.32 Å². The maximum atomic E-state index is 4.49. The molecule has 1 saturated carbocycles. The van der Waals surface area contributed by atoms with Gasteiger partial charge in [-0.05, 0) is 30.2 Å². The molecule has 2 aliphatic rings. The summed E-state index contributed by atoms with van der Waals surface area (Å²) in [5, 5.41) is 7.99. The summed E-state index contributed by atoms with van der Waals surface area (Å²) >= 11 is 0. The zero-order valence-corrected chi connectivity index (χ0v) is 15.0. The first-order valence-electron chi connectivity index (χ1n) is 9.27. The molecule has 1 saturated heterocycles. The standard InChI is InChI=1S/C20H27N5/c1-21-19(24-11-10-20(16-24)8-5-9-20)22-12-18-13-23-25(15-18)14-17-6-3-2-4-7-17/h2-4,6-7,13,15H,5,8-12,14,16H2,1H3,(H,21,22). The van der Waals surface area contributed by atoms with Crippen LogP contribution in [0.25, 0.3) is 0 Å². The molecule has 1 aliphatic heterocycles. The second-order valence-electron chi connectivity index (χ2n) is 7.46. The van der Waals surface area contributed by atoms with E-state index in [1.165, 1.54) is 43.4 Å². The number of nitrogens with zero attached hydrogens (tertiary/aromatic N) is 4. The highest BCUT2D eigenvalue weighted by atomic mass is 15.3. The van der Waals surface area contributed by atoms with Gasteiger partial charge >= 0.3 is 0 Å². The molecule has 25 heavy (non-hydrogen) atoms. The van der Waals surface area contributed by atoms with Crippen LogP contribution in [0.5, 0.6) is 0 Å². The number of nitrogens with one attached hydrogen (secondary N) is 1. The van der Waals surface area contributed by atoms with E-state index in [1.54, 1.807) is 0 Å². The lowest BCUT2D eigenvalue weighted by molar-refractivity contribution is 0.151. The van der Waals surface area contributed by atoms with Crippen molar-refractivity contribution in [1.82, 2.24) is 20.0 Å². The molecular weight excluding hydrogens is 310 g/mol. The molecule has 0 atom stereocenters. The molecule has 2 fully saturated rings. The molecule has 5 heteroatoms. The minimum atomic E-state index is 0.595. The van der Waals surface area contributed by atoms with Crippen molar-refractivity contribution in [2.24, 2.45) is 10.4 Å². The highest BCUT2D eigenvalue weighted by Gasteiger charge is 2.43. The quantitative estimate of drug-likeness (QED) is 0.689. The minimum absolute atomic E-state index is 0.595. The van der Waals surface area contributed by atoms with Crippen LogP contribution in [0.3, 0.4) is 0 Å². The number of hydrogen-bond donors (Lipinski definition) is 1. The predicted molar refractivity (Wildman–Crippen MR) is 100 cm³/mol. The van der Waals surface area contributed by atoms with Crippen LogP contribution in [0.15, 0.2) is 47.7 Å². The van der Waals surface area contributed by atoms with E-state index in [-0.39, 0.29) is 0 Å². The van der Waals surface area contributed by atoms with Crippen LogP contribution in [0, 0.1) is 5.41 Å². The molecule has 4 rings (SSSR count). The van der Waals surface area contributed by atoms with Crippen molar-refractivity contribution in [3.63, 3.8) is 0 Å². The third kappa shape index (κ3) is 3.55. The minimum Gasteiger partial charge on any atom is -0.352 e. The maximum absolute atomic E-state index is 4.49. The van der Waals surface area contributed by atoms with E-state index in [4.69, 9.17) is 0 Å². The van der Waals surface area contributed by atoms with Gasteiger partial charge in [0.2, 0.25) is 0 Å². The van der Waals surface area contributed by atoms with E-state index in [9.17, 15) is 0 Å². The summed E-state index contributed by atoms with van der Waals surface area (Å²) in [6.07, 6.45) is 9.58. The molecular formula is C20H27N5. The lowest BCUT2D eigenvalue weighted by atomic mass is 9.68. The summed E-state index contributed by atoms with van der Waals surface area (Å²) in [4.78, 5) is 6.91. The first-order chi connectivity index (χ1) is 12.3. The van der Waals surface area contributed by atoms with Gasteiger partial charge in [0.1, 0.15) is 0 Å². The lowest BCUT2D eigenvalue weighted by Crippen LogP contribution is -2.42. The van der Waals surface area contributed by atoms with Gasteiger partial charge in [0, 0.05) is 38.4 Å². The average Bonchev–Trinajstić information content (AvgIpc) is 3.24. The van der Waals surface area contributed by atoms with Crippen LogP contribution in [0.2, 0.25) is 0 Å². The van der Waals surface area contributed by atoms with Gasteiger partial charge in [-0.1, -0.05) is 36.8 Å². The third-order valence-corrected chi connectivity index (χ3v) is 5.69. The molecule has 5 nitrogen and oxygen atoms in total. The summed E-state index contributed by atoms with van der Waals surface area (Å²) in [6.45, 7) is 3.88. The van der Waals surface area contributed by atoms with E-state index in [0.29, 0.717) is 5.41 Å². The van der Waals surface area contributed by atoms with Crippen LogP contribution in [-0.2, 0) is 13.1 Å². The third-order valence-electron chi connectivity index (χ3n) is 5.69. The van der Waals surface area contributed by atoms with Crippen molar-refractivity contribution in [1.29, 1.82) is 0 Å². The summed E-state index contributed by atoms with van der Waals surface area (Å²) < 4.78 is 1.99. The van der Waals surface area contributed by atoms with Crippen LogP contribution in [0.1, 0.15) is 36.8 Å². The van der Waals surface area contributed by atoms with E-state index in [0.717, 1.165) is 25.6 Å². The normalized spacial score (nSPS) is 19.2. The van der Waals surface area contributed by atoms with Gasteiger partial charge in [0.25, 0.3) is 0 Å². The van der Waals surface area contributed by atoms with Crippen molar-refractivity contribution in [3.05, 3.63) is 53.9 Å². The molecule has 132 valence electrons. The van der Waals surface area contributed by atoms with Gasteiger partial charge in [-0.15, -0.1) is 0 Å². The first-order valence-corrected chi connectivity index (χ1v) is 9.27. The number of aliphatic imine (C=N–C) groups is 1. The Morgan fingerprint density at radius 2 is 2.04 bits per heavy atom. The second-order valence-corrected chi connectivity index (χ2v) is 7.46. The molecule has 1 aromatic carbocycles. The zero-order chi connectivity index (χ0) is 17.1. The summed E-state index contributed by atoms with van der Waals surface area (Å²) in [6, 6.07) is 10.4. The molecule has 2 aromatic rings. The molecule has 2 heterocycles. The SMILES string of the molecule is CN=C(NCc1cnn(Cc2ccccc2)c1)N1CCC2(CCC2)C1. The zero-order valence-electron chi connectivity index (χ0n) is 15.0. The first kappa shape index (κ1) is 16.2. The molecule has 1 aliphatic carbocycles. The van der Waals surface area contributed by atoms with E-state index in [2.05, 4.69) is 50.8 Å². The Morgan fingerprint density at radius 3 is 2.72 bits per heavy atom. The Bertz CT molecular complexity index is 730. The van der Waals surface area contributed by atoms with Gasteiger partial charge in [0.05, 0.1) is 12.7 Å². The average molecular weight is 337 g/mol. The Labute approximate surface area is 149 Å². The van der Waals surface area contributed by atoms with Crippen molar-refractivity contribution in [2.75, 3.05) is 20.1 Å². The molecule has 1 aromatic heterocycles. The largest absolute Gasteiger partial charge is 0.352 e. The van der Waals surface area contributed by atoms with Gasteiger partial charge < -0.3 is 10.2 Å². The van der Waals surface area contributed by atoms with Crippen molar-refractivity contribution in [3.8, 4) is 0 Å². The monoisotopic (exact) mass is 337 g/mol. The number of hydrogen-bond acceptors (Lipinski definition) is 2. The van der Waals surface area contributed by atoms with Crippen molar-refractivity contribution < 1.29 is 0 Å². The van der Waals surface area contributed by atoms with Crippen LogP contribution in [-0.4, -0.2) is 40.8 Å². The number of guanidine groups is 1. The fourth-order valence-electron chi connectivity index (χ4n) is 4.07. The molecule has 0 bridgehead atoms. The summed E-state index contributed by atoms with van der Waals surface area (Å²) in [7, 11) is 1.88. The van der Waals surface area contributed by atoms with Gasteiger partial charge in [-0.3, -0.25) is 9.67 Å². The number of benzene rings is 1. The van der Waals surface area contributed by atoms with Crippen LogP contribution >= 0.6 is 0 Å². The highest BCUT2D eigenvalue weighted by Crippen LogP contribution is 2.47. The molecule has 1 spiro atoms. The fourth-order valence-corrected chi connectivity index (χ4v) is 4.07. The molecule has 0 unspecified atom stereocenters. The van der Waals surface area contributed by atoms with Crippen LogP contribution in [0.4, 0.5) is 0 Å². The highest BCUT2D eigenvalue weighted by molar-refractivity contribution is 5.80. The maximum Gasteiger partial charge on any atom is 0.193 e. The Hall–Kier alpha value is -2.30. The summed E-state index contributed by atoms with van der Waals surface area (Å²) in [5.41, 5.74) is 3.05. The van der Waals surface area contributed by atoms with Gasteiger partial charge in [-0.25, -0.2) is 0 Å². The Morgan fingerprint density at radius 1 is 1.20 bits per heavy atom. The van der Waals surface area contributed by atoms with Gasteiger partial charge in [-0.2, -0.15) is 5.10 Å². The molecule has 0 amide bonds.